The maximum Gasteiger partial charge on any atom is 0.279 e. The summed E-state index contributed by atoms with van der Waals surface area (Å²) in [7, 11) is 0. The van der Waals surface area contributed by atoms with Crippen LogP contribution in [0.15, 0.2) is 35.8 Å². The molecule has 5 nitrogen and oxygen atoms in total. The summed E-state index contributed by atoms with van der Waals surface area (Å²) in [6, 6.07) is 1.75. The van der Waals surface area contributed by atoms with E-state index in [0.29, 0.717) is 11.3 Å². The summed E-state index contributed by atoms with van der Waals surface area (Å²) in [4.78, 5) is 17.0. The van der Waals surface area contributed by atoms with Gasteiger partial charge in [-0.3, -0.25) is 0 Å². The van der Waals surface area contributed by atoms with E-state index >= 15 is 0 Å². The minimum atomic E-state index is -2.55. The van der Waals surface area contributed by atoms with Gasteiger partial charge in [-0.25, -0.2) is 18.3 Å². The lowest BCUT2D eigenvalue weighted by Crippen LogP contribution is -2.38. The van der Waals surface area contributed by atoms with Crippen LogP contribution in [0.5, 0.6) is 0 Å². The van der Waals surface area contributed by atoms with E-state index in [0.717, 1.165) is 32.0 Å². The number of halogens is 2. The van der Waals surface area contributed by atoms with Crippen LogP contribution in [-0.4, -0.2) is 32.7 Å². The van der Waals surface area contributed by atoms with E-state index in [1.54, 1.807) is 39.5 Å². The minimum absolute atomic E-state index is 0.00747. The van der Waals surface area contributed by atoms with Gasteiger partial charge < -0.3 is 9.69 Å². The van der Waals surface area contributed by atoms with Gasteiger partial charge in [0.05, 0.1) is 17.3 Å². The molecule has 2 aromatic heterocycles. The van der Waals surface area contributed by atoms with Crippen molar-refractivity contribution < 1.29 is 13.6 Å². The Morgan fingerprint density at radius 1 is 1.28 bits per heavy atom. The minimum Gasteiger partial charge on any atom is -0.322 e. The average molecular weight is 364 g/mol. The van der Waals surface area contributed by atoms with Gasteiger partial charge in [0, 0.05) is 18.3 Å². The van der Waals surface area contributed by atoms with Gasteiger partial charge in [-0.1, -0.05) is 0 Å². The molecular weight excluding hydrogens is 346 g/mol. The Hall–Kier alpha value is -1.96. The molecule has 1 fully saturated rings. The lowest BCUT2D eigenvalue weighted by Gasteiger charge is -2.36. The van der Waals surface area contributed by atoms with Gasteiger partial charge in [-0.15, -0.1) is 11.8 Å². The molecule has 3 heterocycles. The fourth-order valence-electron chi connectivity index (χ4n) is 3.71. The Bertz CT molecular complexity index is 801. The van der Waals surface area contributed by atoms with Crippen LogP contribution in [-0.2, 0) is 4.79 Å². The number of alkyl halides is 2. The van der Waals surface area contributed by atoms with E-state index < -0.39 is 6.43 Å². The monoisotopic (exact) mass is 364 g/mol. The van der Waals surface area contributed by atoms with Gasteiger partial charge in [-0.2, -0.15) is 5.10 Å². The van der Waals surface area contributed by atoms with Crippen LogP contribution in [0.3, 0.4) is 0 Å². The van der Waals surface area contributed by atoms with Crippen molar-refractivity contribution in [3.8, 4) is 0 Å². The number of carbonyl (C=O) groups excluding carboxylic acids is 1. The summed E-state index contributed by atoms with van der Waals surface area (Å²) in [5, 5.41) is 5.70. The topological polar surface area (TPSA) is 50.5 Å². The van der Waals surface area contributed by atoms with Crippen molar-refractivity contribution in [1.82, 2.24) is 14.6 Å². The summed E-state index contributed by atoms with van der Waals surface area (Å²) in [6.07, 6.45) is 6.87. The predicted molar refractivity (Wildman–Crippen MR) is 92.4 cm³/mol. The Balaban J connectivity index is 1.67. The van der Waals surface area contributed by atoms with Gasteiger partial charge in [0.2, 0.25) is 0 Å². The molecule has 1 aliphatic carbocycles. The van der Waals surface area contributed by atoms with Crippen molar-refractivity contribution in [2.45, 2.75) is 37.5 Å². The smallest absolute Gasteiger partial charge is 0.279 e. The second-order valence-corrected chi connectivity index (χ2v) is 7.46. The molecule has 1 unspecified atom stereocenters. The number of carbonyl (C=O) groups is 1. The second kappa shape index (κ2) is 6.74. The number of aromatic nitrogens is 3. The number of aldehydes is 1. The van der Waals surface area contributed by atoms with Crippen molar-refractivity contribution in [2.24, 2.45) is 11.8 Å². The van der Waals surface area contributed by atoms with Crippen LogP contribution in [0.4, 0.5) is 14.5 Å². The quantitative estimate of drug-likeness (QED) is 0.774. The van der Waals surface area contributed by atoms with E-state index in [9.17, 15) is 13.6 Å². The summed E-state index contributed by atoms with van der Waals surface area (Å²) in [5.41, 5.74) is 1.19. The molecule has 1 aliphatic heterocycles. The first-order valence-electron chi connectivity index (χ1n) is 8.35. The van der Waals surface area contributed by atoms with Crippen LogP contribution < -0.4 is 4.90 Å². The second-order valence-electron chi connectivity index (χ2n) is 6.47. The Morgan fingerprint density at radius 2 is 2.08 bits per heavy atom. The average Bonchev–Trinajstić information content (AvgIpc) is 3.25. The predicted octanol–water partition coefficient (Wildman–Crippen LogP) is 3.72. The molecule has 0 spiro atoms. The molecule has 0 aromatic carbocycles. The molecule has 0 amide bonds. The van der Waals surface area contributed by atoms with E-state index in [-0.39, 0.29) is 22.9 Å². The van der Waals surface area contributed by atoms with Crippen molar-refractivity contribution in [1.29, 1.82) is 0 Å². The SMILES string of the molecule is O=CC1CCC(C2SC=C(C(F)F)N2c2cnn3cccnc23)CC1. The van der Waals surface area contributed by atoms with E-state index in [1.165, 1.54) is 11.8 Å². The highest BCUT2D eigenvalue weighted by atomic mass is 32.2. The molecule has 0 N–H and O–H groups in total. The molecule has 4 rings (SSSR count). The molecule has 1 atom stereocenters. The zero-order chi connectivity index (χ0) is 17.4. The summed E-state index contributed by atoms with van der Waals surface area (Å²) < 4.78 is 28.8. The van der Waals surface area contributed by atoms with E-state index in [2.05, 4.69) is 10.1 Å². The highest BCUT2D eigenvalue weighted by Crippen LogP contribution is 2.46. The van der Waals surface area contributed by atoms with Gasteiger partial charge in [0.25, 0.3) is 6.43 Å². The van der Waals surface area contributed by atoms with Crippen LogP contribution >= 0.6 is 11.8 Å². The fraction of sp³-hybridized carbons (Fsp3) is 0.471. The van der Waals surface area contributed by atoms with Crippen molar-refractivity contribution in [3.05, 3.63) is 35.8 Å². The number of thioether (sulfide) groups is 1. The zero-order valence-electron chi connectivity index (χ0n) is 13.5. The highest BCUT2D eigenvalue weighted by molar-refractivity contribution is 8.03. The number of hydrogen-bond donors (Lipinski definition) is 0. The van der Waals surface area contributed by atoms with E-state index in [4.69, 9.17) is 0 Å². The molecule has 0 saturated heterocycles. The zero-order valence-corrected chi connectivity index (χ0v) is 14.3. The van der Waals surface area contributed by atoms with Crippen LogP contribution in [0.2, 0.25) is 0 Å². The summed E-state index contributed by atoms with van der Waals surface area (Å²) in [6.45, 7) is 0. The standard InChI is InChI=1S/C17H18F2N4OS/c18-15(19)14-10-25-17(12-4-2-11(9-24)3-5-12)23(14)13-8-21-22-7-1-6-20-16(13)22/h1,6-12,15,17H,2-5H2. The lowest BCUT2D eigenvalue weighted by atomic mass is 9.82. The number of rotatable bonds is 4. The fourth-order valence-corrected chi connectivity index (χ4v) is 5.06. The van der Waals surface area contributed by atoms with Gasteiger partial charge in [0.1, 0.15) is 12.0 Å². The van der Waals surface area contributed by atoms with Crippen LogP contribution in [0.25, 0.3) is 5.65 Å². The molecule has 8 heteroatoms. The summed E-state index contributed by atoms with van der Waals surface area (Å²) >= 11 is 1.44. The molecule has 0 radical (unpaired) electrons. The largest absolute Gasteiger partial charge is 0.322 e. The maximum atomic E-state index is 13.6. The molecular formula is C17H18F2N4OS. The third-order valence-corrected chi connectivity index (χ3v) is 6.27. The number of hydrogen-bond acceptors (Lipinski definition) is 5. The summed E-state index contributed by atoms with van der Waals surface area (Å²) in [5.74, 6) is 0.365. The third kappa shape index (κ3) is 2.92. The third-order valence-electron chi connectivity index (χ3n) is 5.02. The van der Waals surface area contributed by atoms with Crippen LogP contribution in [0, 0.1) is 11.8 Å². The Morgan fingerprint density at radius 3 is 2.80 bits per heavy atom. The molecule has 1 saturated carbocycles. The molecule has 132 valence electrons. The van der Waals surface area contributed by atoms with Crippen molar-refractivity contribution in [3.63, 3.8) is 0 Å². The molecule has 25 heavy (non-hydrogen) atoms. The first-order chi connectivity index (χ1) is 12.2. The van der Waals surface area contributed by atoms with Crippen molar-refractivity contribution in [2.75, 3.05) is 4.90 Å². The maximum absolute atomic E-state index is 13.6. The van der Waals surface area contributed by atoms with Crippen LogP contribution in [0.1, 0.15) is 25.7 Å². The molecule has 0 bridgehead atoms. The van der Waals surface area contributed by atoms with Gasteiger partial charge in [-0.05, 0) is 43.1 Å². The number of fused-ring (bicyclic) bond motifs is 1. The number of allylic oxidation sites excluding steroid dienone is 1. The first-order valence-corrected chi connectivity index (χ1v) is 9.30. The molecule has 2 aliphatic rings. The van der Waals surface area contributed by atoms with E-state index in [1.807, 2.05) is 0 Å². The lowest BCUT2D eigenvalue weighted by molar-refractivity contribution is -0.112. The first kappa shape index (κ1) is 16.5. The highest BCUT2D eigenvalue weighted by Gasteiger charge is 2.40. The van der Waals surface area contributed by atoms with Gasteiger partial charge in [0.15, 0.2) is 5.65 Å². The number of nitrogens with zero attached hydrogens (tertiary/aromatic N) is 4. The molecule has 2 aromatic rings. The van der Waals surface area contributed by atoms with Gasteiger partial charge >= 0.3 is 0 Å². The van der Waals surface area contributed by atoms with Crippen molar-refractivity contribution >= 4 is 29.4 Å². The normalized spacial score (nSPS) is 27.1. The Kier molecular flexibility index (Phi) is 4.45. The Labute approximate surface area is 148 Å². The number of anilines is 1.